The van der Waals surface area contributed by atoms with Gasteiger partial charge in [0.2, 0.25) is 0 Å². The van der Waals surface area contributed by atoms with E-state index in [0.717, 1.165) is 11.1 Å². The van der Waals surface area contributed by atoms with E-state index in [-0.39, 0.29) is 5.84 Å². The number of methoxy groups -OCH3 is 1. The van der Waals surface area contributed by atoms with Gasteiger partial charge in [0, 0.05) is 16.1 Å². The van der Waals surface area contributed by atoms with Gasteiger partial charge in [0.1, 0.15) is 11.6 Å². The molecular formula is C16H17ClN2O2. The number of nitrogens with one attached hydrogen (secondary N) is 1. The summed E-state index contributed by atoms with van der Waals surface area (Å²) < 4.78 is 11.0. The number of hydrogen-bond acceptors (Lipinski definition) is 3. The fraction of sp³-hybridized carbons (Fsp3) is 0.188. The van der Waals surface area contributed by atoms with E-state index >= 15 is 0 Å². The van der Waals surface area contributed by atoms with Crippen LogP contribution in [0.4, 0.5) is 0 Å². The molecule has 2 rings (SSSR count). The van der Waals surface area contributed by atoms with Crippen LogP contribution in [0.1, 0.15) is 16.7 Å². The zero-order chi connectivity index (χ0) is 15.2. The molecule has 3 N–H and O–H groups in total. The molecule has 0 aliphatic rings. The van der Waals surface area contributed by atoms with Crippen molar-refractivity contribution in [1.29, 1.82) is 5.41 Å². The Balaban J connectivity index is 2.05. The van der Waals surface area contributed by atoms with Crippen LogP contribution >= 0.6 is 11.6 Å². The predicted octanol–water partition coefficient (Wildman–Crippen LogP) is 3.35. The summed E-state index contributed by atoms with van der Waals surface area (Å²) >= 11 is 5.93. The van der Waals surface area contributed by atoms with Crippen molar-refractivity contribution in [1.82, 2.24) is 0 Å². The molecule has 5 heteroatoms. The van der Waals surface area contributed by atoms with Gasteiger partial charge in [0.15, 0.2) is 0 Å². The van der Waals surface area contributed by atoms with E-state index < -0.39 is 0 Å². The molecule has 0 aromatic heterocycles. The topological polar surface area (TPSA) is 68.3 Å². The van der Waals surface area contributed by atoms with E-state index in [0.29, 0.717) is 29.5 Å². The summed E-state index contributed by atoms with van der Waals surface area (Å²) in [6.45, 7) is 0.824. The fourth-order valence-corrected chi connectivity index (χ4v) is 2.18. The zero-order valence-electron chi connectivity index (χ0n) is 11.7. The molecule has 0 amide bonds. The summed E-state index contributed by atoms with van der Waals surface area (Å²) in [5, 5.41) is 8.16. The maximum Gasteiger partial charge on any atom is 0.124 e. The Labute approximate surface area is 129 Å². The number of halogens is 1. The summed E-state index contributed by atoms with van der Waals surface area (Å²) in [6.07, 6.45) is 0. The van der Waals surface area contributed by atoms with E-state index in [2.05, 4.69) is 0 Å². The Kier molecular flexibility index (Phi) is 5.20. The van der Waals surface area contributed by atoms with Crippen LogP contribution in [0, 0.1) is 5.41 Å². The Bertz CT molecular complexity index is 644. The monoisotopic (exact) mass is 304 g/mol. The molecule has 0 spiro atoms. The minimum Gasteiger partial charge on any atom is -0.496 e. The number of amidine groups is 1. The molecule has 0 bridgehead atoms. The smallest absolute Gasteiger partial charge is 0.124 e. The standard InChI is InChI=1S/C16H17ClN2O2/c1-20-15-6-5-12(16(18)19)8-13(15)10-21-9-11-3-2-4-14(17)7-11/h2-8H,9-10H2,1H3,(H3,18,19). The molecule has 0 aliphatic carbocycles. The highest BCUT2D eigenvalue weighted by Gasteiger charge is 2.06. The van der Waals surface area contributed by atoms with Crippen molar-refractivity contribution in [3.05, 3.63) is 64.2 Å². The van der Waals surface area contributed by atoms with Crippen molar-refractivity contribution in [3.8, 4) is 5.75 Å². The molecule has 21 heavy (non-hydrogen) atoms. The van der Waals surface area contributed by atoms with E-state index in [1.54, 1.807) is 25.3 Å². The third-order valence-electron chi connectivity index (χ3n) is 3.01. The molecule has 0 radical (unpaired) electrons. The SMILES string of the molecule is COc1ccc(C(=N)N)cc1COCc1cccc(Cl)c1. The Hall–Kier alpha value is -2.04. The number of hydrogen-bond donors (Lipinski definition) is 2. The molecule has 2 aromatic carbocycles. The largest absolute Gasteiger partial charge is 0.496 e. The lowest BCUT2D eigenvalue weighted by Gasteiger charge is -2.11. The zero-order valence-corrected chi connectivity index (χ0v) is 12.5. The van der Waals surface area contributed by atoms with Gasteiger partial charge in [0.05, 0.1) is 20.3 Å². The lowest BCUT2D eigenvalue weighted by atomic mass is 10.1. The minimum absolute atomic E-state index is 0.0220. The minimum atomic E-state index is 0.0220. The predicted molar refractivity (Wildman–Crippen MR) is 84.0 cm³/mol. The first kappa shape index (κ1) is 15.4. The highest BCUT2D eigenvalue weighted by atomic mass is 35.5. The van der Waals surface area contributed by atoms with Crippen molar-refractivity contribution in [3.63, 3.8) is 0 Å². The van der Waals surface area contributed by atoms with Crippen LogP contribution in [0.15, 0.2) is 42.5 Å². The summed E-state index contributed by atoms with van der Waals surface area (Å²) in [5.74, 6) is 0.736. The number of ether oxygens (including phenoxy) is 2. The van der Waals surface area contributed by atoms with Crippen molar-refractivity contribution < 1.29 is 9.47 Å². The van der Waals surface area contributed by atoms with E-state index in [4.69, 9.17) is 32.2 Å². The highest BCUT2D eigenvalue weighted by molar-refractivity contribution is 6.30. The van der Waals surface area contributed by atoms with E-state index in [9.17, 15) is 0 Å². The summed E-state index contributed by atoms with van der Waals surface area (Å²) in [6, 6.07) is 12.9. The molecule has 0 heterocycles. The molecular weight excluding hydrogens is 288 g/mol. The van der Waals surface area contributed by atoms with Gasteiger partial charge in [-0.05, 0) is 35.9 Å². The molecule has 0 atom stereocenters. The number of rotatable bonds is 6. The molecule has 0 saturated heterocycles. The molecule has 4 nitrogen and oxygen atoms in total. The van der Waals surface area contributed by atoms with Crippen molar-refractivity contribution in [2.24, 2.45) is 5.73 Å². The van der Waals surface area contributed by atoms with Gasteiger partial charge in [-0.2, -0.15) is 0 Å². The average molecular weight is 305 g/mol. The maximum atomic E-state index is 7.48. The van der Waals surface area contributed by atoms with Crippen LogP contribution in [0.3, 0.4) is 0 Å². The molecule has 0 fully saturated rings. The second-order valence-corrected chi connectivity index (χ2v) is 5.00. The average Bonchev–Trinajstić information content (AvgIpc) is 2.47. The van der Waals surface area contributed by atoms with Crippen molar-refractivity contribution in [2.45, 2.75) is 13.2 Å². The molecule has 0 saturated carbocycles. The molecule has 110 valence electrons. The Morgan fingerprint density at radius 2 is 2.00 bits per heavy atom. The van der Waals surface area contributed by atoms with Gasteiger partial charge >= 0.3 is 0 Å². The lowest BCUT2D eigenvalue weighted by Crippen LogP contribution is -2.11. The molecule has 0 unspecified atom stereocenters. The van der Waals surface area contributed by atoms with E-state index in [1.807, 2.05) is 24.3 Å². The molecule has 0 aliphatic heterocycles. The second kappa shape index (κ2) is 7.11. The van der Waals surface area contributed by atoms with Gasteiger partial charge in [-0.1, -0.05) is 23.7 Å². The number of nitrogen functional groups attached to an aromatic ring is 1. The fourth-order valence-electron chi connectivity index (χ4n) is 1.96. The van der Waals surface area contributed by atoms with Crippen LogP contribution < -0.4 is 10.5 Å². The van der Waals surface area contributed by atoms with Gasteiger partial charge in [-0.15, -0.1) is 0 Å². The Morgan fingerprint density at radius 3 is 2.67 bits per heavy atom. The lowest BCUT2D eigenvalue weighted by molar-refractivity contribution is 0.105. The highest BCUT2D eigenvalue weighted by Crippen LogP contribution is 2.21. The van der Waals surface area contributed by atoms with Crippen LogP contribution in [-0.4, -0.2) is 12.9 Å². The third kappa shape index (κ3) is 4.21. The number of benzene rings is 2. The third-order valence-corrected chi connectivity index (χ3v) is 3.24. The quantitative estimate of drug-likeness (QED) is 0.635. The van der Waals surface area contributed by atoms with E-state index in [1.165, 1.54) is 0 Å². The normalized spacial score (nSPS) is 10.4. The summed E-state index contributed by atoms with van der Waals surface area (Å²) in [4.78, 5) is 0. The van der Waals surface area contributed by atoms with Crippen LogP contribution in [0.2, 0.25) is 5.02 Å². The Morgan fingerprint density at radius 1 is 1.19 bits per heavy atom. The summed E-state index contributed by atoms with van der Waals surface area (Å²) in [5.41, 5.74) is 8.01. The maximum absolute atomic E-state index is 7.48. The first-order chi connectivity index (χ1) is 10.1. The van der Waals surface area contributed by atoms with Gasteiger partial charge in [-0.25, -0.2) is 0 Å². The van der Waals surface area contributed by atoms with Crippen LogP contribution in [-0.2, 0) is 18.0 Å². The first-order valence-electron chi connectivity index (χ1n) is 6.43. The van der Waals surface area contributed by atoms with Gasteiger partial charge in [-0.3, -0.25) is 5.41 Å². The van der Waals surface area contributed by atoms with Crippen LogP contribution in [0.5, 0.6) is 5.75 Å². The van der Waals surface area contributed by atoms with Crippen molar-refractivity contribution in [2.75, 3.05) is 7.11 Å². The van der Waals surface area contributed by atoms with Gasteiger partial charge in [0.25, 0.3) is 0 Å². The molecule has 2 aromatic rings. The summed E-state index contributed by atoms with van der Waals surface area (Å²) in [7, 11) is 1.60. The van der Waals surface area contributed by atoms with Crippen LogP contribution in [0.25, 0.3) is 0 Å². The van der Waals surface area contributed by atoms with Gasteiger partial charge < -0.3 is 15.2 Å². The van der Waals surface area contributed by atoms with Crippen molar-refractivity contribution >= 4 is 17.4 Å². The number of nitrogens with two attached hydrogens (primary N) is 1. The second-order valence-electron chi connectivity index (χ2n) is 4.56. The first-order valence-corrected chi connectivity index (χ1v) is 6.81.